The van der Waals surface area contributed by atoms with E-state index in [0.717, 1.165) is 11.3 Å². The number of nitrogens with one attached hydrogen (secondary N) is 2. The molecule has 0 atom stereocenters. The average molecular weight is 386 g/mol. The Morgan fingerprint density at radius 3 is 2.33 bits per heavy atom. The number of sulfonamides is 1. The molecule has 0 fully saturated rings. The third kappa shape index (κ3) is 5.85. The maximum atomic E-state index is 12.2. The van der Waals surface area contributed by atoms with Crippen LogP contribution in [0.3, 0.4) is 0 Å². The number of nitriles is 1. The highest BCUT2D eigenvalue weighted by Crippen LogP contribution is 2.14. The molecule has 2 aromatic rings. The van der Waals surface area contributed by atoms with Gasteiger partial charge >= 0.3 is 0 Å². The minimum absolute atomic E-state index is 0.0716. The van der Waals surface area contributed by atoms with Gasteiger partial charge in [-0.15, -0.1) is 0 Å². The predicted octanol–water partition coefficient (Wildman–Crippen LogP) is 1.48. The van der Waals surface area contributed by atoms with E-state index in [1.165, 1.54) is 30.5 Å². The number of nitrogens with two attached hydrogens (primary N) is 1. The fraction of sp³-hybridized carbons (Fsp3) is 0.111. The first-order chi connectivity index (χ1) is 12.8. The van der Waals surface area contributed by atoms with Crippen LogP contribution >= 0.6 is 0 Å². The molecule has 0 unspecified atom stereocenters. The lowest BCUT2D eigenvalue weighted by molar-refractivity contribution is -0.112. The summed E-state index contributed by atoms with van der Waals surface area (Å²) in [5.41, 5.74) is 1.16. The second-order valence-corrected chi connectivity index (χ2v) is 6.98. The molecule has 2 rings (SSSR count). The van der Waals surface area contributed by atoms with Crippen molar-refractivity contribution in [3.63, 3.8) is 0 Å². The summed E-state index contributed by atoms with van der Waals surface area (Å²) in [6, 6.07) is 14.5. The molecule has 0 bridgehead atoms. The molecule has 0 heterocycles. The minimum atomic E-state index is -3.81. The molecule has 1 amide bonds. The molecule has 140 valence electrons. The van der Waals surface area contributed by atoms with Gasteiger partial charge in [0, 0.05) is 18.4 Å². The van der Waals surface area contributed by atoms with Crippen molar-refractivity contribution in [3.05, 3.63) is 65.9 Å². The first kappa shape index (κ1) is 20.0. The summed E-state index contributed by atoms with van der Waals surface area (Å²) < 4.78 is 27.5. The monoisotopic (exact) mass is 386 g/mol. The normalized spacial score (nSPS) is 11.4. The van der Waals surface area contributed by atoms with E-state index in [1.54, 1.807) is 7.11 Å². The minimum Gasteiger partial charge on any atom is -0.497 e. The van der Waals surface area contributed by atoms with Gasteiger partial charge in [-0.25, -0.2) is 13.6 Å². The van der Waals surface area contributed by atoms with Crippen molar-refractivity contribution in [1.29, 1.82) is 5.26 Å². The maximum absolute atomic E-state index is 12.2. The third-order valence-corrected chi connectivity index (χ3v) is 4.45. The molecule has 4 N–H and O–H groups in total. The lowest BCUT2D eigenvalue weighted by atomic mass is 10.2. The molecule has 0 aliphatic carbocycles. The Morgan fingerprint density at radius 2 is 1.81 bits per heavy atom. The van der Waals surface area contributed by atoms with Gasteiger partial charge in [0.2, 0.25) is 10.0 Å². The van der Waals surface area contributed by atoms with E-state index in [9.17, 15) is 13.2 Å². The maximum Gasteiger partial charge on any atom is 0.267 e. The topological polar surface area (TPSA) is 134 Å². The number of amides is 1. The summed E-state index contributed by atoms with van der Waals surface area (Å²) in [5, 5.41) is 19.6. The largest absolute Gasteiger partial charge is 0.497 e. The number of hydrogen-bond donors (Lipinski definition) is 3. The van der Waals surface area contributed by atoms with Crippen molar-refractivity contribution < 1.29 is 17.9 Å². The molecule has 27 heavy (non-hydrogen) atoms. The molecule has 0 radical (unpaired) electrons. The number of anilines is 1. The van der Waals surface area contributed by atoms with Crippen LogP contribution in [0.2, 0.25) is 0 Å². The zero-order valence-electron chi connectivity index (χ0n) is 14.5. The number of hydrogen-bond acceptors (Lipinski definition) is 6. The van der Waals surface area contributed by atoms with E-state index in [1.807, 2.05) is 30.3 Å². The first-order valence-electron chi connectivity index (χ1n) is 7.74. The van der Waals surface area contributed by atoms with Crippen molar-refractivity contribution >= 4 is 21.6 Å². The fourth-order valence-corrected chi connectivity index (χ4v) is 2.60. The molecule has 0 spiro atoms. The standard InChI is InChI=1S/C18H18N4O4S/c1-26-16-6-2-13(3-7-16)11-21-12-14(10-19)18(23)22-15-4-8-17(9-5-15)27(20,24)25/h2-9,12,21H,11H2,1H3,(H,22,23)(H2,20,24,25)/b14-12-. The van der Waals surface area contributed by atoms with Gasteiger partial charge in [0.15, 0.2) is 0 Å². The van der Waals surface area contributed by atoms with E-state index in [-0.39, 0.29) is 10.5 Å². The lowest BCUT2D eigenvalue weighted by Gasteiger charge is -2.06. The molecule has 2 aromatic carbocycles. The van der Waals surface area contributed by atoms with Crippen LogP contribution in [0.25, 0.3) is 0 Å². The number of primary sulfonamides is 1. The van der Waals surface area contributed by atoms with E-state index >= 15 is 0 Å². The third-order valence-electron chi connectivity index (χ3n) is 3.52. The Hall–Kier alpha value is -3.35. The molecule has 0 saturated carbocycles. The average Bonchev–Trinajstić information content (AvgIpc) is 2.65. The summed E-state index contributed by atoms with van der Waals surface area (Å²) in [5.74, 6) is 0.114. The zero-order valence-corrected chi connectivity index (χ0v) is 15.3. The van der Waals surface area contributed by atoms with Crippen LogP contribution in [0.1, 0.15) is 5.56 Å². The quantitative estimate of drug-likeness (QED) is 0.487. The van der Waals surface area contributed by atoms with Crippen LogP contribution in [0.5, 0.6) is 5.75 Å². The van der Waals surface area contributed by atoms with E-state index in [2.05, 4.69) is 10.6 Å². The van der Waals surface area contributed by atoms with Gasteiger partial charge < -0.3 is 15.4 Å². The van der Waals surface area contributed by atoms with E-state index in [4.69, 9.17) is 15.1 Å². The second kappa shape index (κ2) is 8.84. The van der Waals surface area contributed by atoms with E-state index in [0.29, 0.717) is 12.2 Å². The van der Waals surface area contributed by atoms with Gasteiger partial charge in [0.05, 0.1) is 12.0 Å². The Morgan fingerprint density at radius 1 is 1.19 bits per heavy atom. The summed E-state index contributed by atoms with van der Waals surface area (Å²) in [4.78, 5) is 12.1. The molecule has 0 saturated heterocycles. The predicted molar refractivity (Wildman–Crippen MR) is 100.0 cm³/mol. The summed E-state index contributed by atoms with van der Waals surface area (Å²) >= 11 is 0. The zero-order chi connectivity index (χ0) is 19.9. The Bertz CT molecular complexity index is 976. The van der Waals surface area contributed by atoms with Gasteiger partial charge in [-0.2, -0.15) is 5.26 Å². The summed E-state index contributed by atoms with van der Waals surface area (Å²) in [6.45, 7) is 0.422. The number of benzene rings is 2. The molecule has 0 aromatic heterocycles. The second-order valence-electron chi connectivity index (χ2n) is 5.42. The van der Waals surface area contributed by atoms with Crippen molar-refractivity contribution in [3.8, 4) is 11.8 Å². The Kier molecular flexibility index (Phi) is 6.54. The molecule has 0 aliphatic rings. The van der Waals surface area contributed by atoms with Crippen molar-refractivity contribution in [2.24, 2.45) is 5.14 Å². The van der Waals surface area contributed by atoms with Gasteiger partial charge in [0.1, 0.15) is 17.4 Å². The summed E-state index contributed by atoms with van der Waals surface area (Å²) in [7, 11) is -2.23. The number of carbonyl (C=O) groups is 1. The van der Waals surface area contributed by atoms with Gasteiger partial charge in [-0.3, -0.25) is 4.79 Å². The van der Waals surface area contributed by atoms with Crippen molar-refractivity contribution in [2.45, 2.75) is 11.4 Å². The van der Waals surface area contributed by atoms with Gasteiger partial charge in [-0.1, -0.05) is 12.1 Å². The Labute approximate surface area is 157 Å². The lowest BCUT2D eigenvalue weighted by Crippen LogP contribution is -2.17. The molecule has 8 nitrogen and oxygen atoms in total. The van der Waals surface area contributed by atoms with Crippen LogP contribution in [0.15, 0.2) is 65.2 Å². The SMILES string of the molecule is COc1ccc(CN/C=C(/C#N)C(=O)Nc2ccc(S(N)(=O)=O)cc2)cc1. The van der Waals surface area contributed by atoms with Crippen LogP contribution in [0.4, 0.5) is 5.69 Å². The first-order valence-corrected chi connectivity index (χ1v) is 9.29. The van der Waals surface area contributed by atoms with E-state index < -0.39 is 15.9 Å². The highest BCUT2D eigenvalue weighted by molar-refractivity contribution is 7.89. The summed E-state index contributed by atoms with van der Waals surface area (Å²) in [6.07, 6.45) is 1.32. The number of ether oxygens (including phenoxy) is 1. The van der Waals surface area contributed by atoms with Crippen LogP contribution in [-0.4, -0.2) is 21.4 Å². The van der Waals surface area contributed by atoms with Gasteiger partial charge in [0.25, 0.3) is 5.91 Å². The number of rotatable bonds is 7. The number of carbonyl (C=O) groups excluding carboxylic acids is 1. The van der Waals surface area contributed by atoms with Crippen LogP contribution in [-0.2, 0) is 21.4 Å². The Balaban J connectivity index is 1.98. The molecule has 0 aliphatic heterocycles. The fourth-order valence-electron chi connectivity index (χ4n) is 2.09. The highest BCUT2D eigenvalue weighted by Gasteiger charge is 2.11. The number of nitrogens with zero attached hydrogens (tertiary/aromatic N) is 1. The van der Waals surface area contributed by atoms with Crippen LogP contribution < -0.4 is 20.5 Å². The number of methoxy groups -OCH3 is 1. The van der Waals surface area contributed by atoms with Crippen molar-refractivity contribution in [1.82, 2.24) is 5.32 Å². The van der Waals surface area contributed by atoms with Crippen LogP contribution in [0, 0.1) is 11.3 Å². The van der Waals surface area contributed by atoms with Gasteiger partial charge in [-0.05, 0) is 42.0 Å². The molecule has 9 heteroatoms. The van der Waals surface area contributed by atoms with Crippen molar-refractivity contribution in [2.75, 3.05) is 12.4 Å². The molecular weight excluding hydrogens is 368 g/mol. The molecular formula is C18H18N4O4S. The highest BCUT2D eigenvalue weighted by atomic mass is 32.2. The smallest absolute Gasteiger partial charge is 0.267 e.